The molecular formula is C17H21N5O3. The van der Waals surface area contributed by atoms with Gasteiger partial charge >= 0.3 is 0 Å². The van der Waals surface area contributed by atoms with E-state index in [4.69, 9.17) is 4.74 Å². The van der Waals surface area contributed by atoms with Crippen LogP contribution in [0, 0.1) is 6.92 Å². The number of anilines is 1. The van der Waals surface area contributed by atoms with E-state index < -0.39 is 0 Å². The Morgan fingerprint density at radius 2 is 2.20 bits per heavy atom. The number of nitrogens with zero attached hydrogens (tertiary/aromatic N) is 2. The minimum absolute atomic E-state index is 0.0616. The molecule has 132 valence electrons. The highest BCUT2D eigenvalue weighted by Gasteiger charge is 2.20. The Morgan fingerprint density at radius 3 is 2.96 bits per heavy atom. The second kappa shape index (κ2) is 7.35. The van der Waals surface area contributed by atoms with Gasteiger partial charge in [0, 0.05) is 24.2 Å². The zero-order chi connectivity index (χ0) is 17.8. The molecule has 0 bridgehead atoms. The summed E-state index contributed by atoms with van der Waals surface area (Å²) in [5, 5.41) is 12.7. The molecule has 0 radical (unpaired) electrons. The van der Waals surface area contributed by atoms with Gasteiger partial charge in [-0.2, -0.15) is 5.10 Å². The summed E-state index contributed by atoms with van der Waals surface area (Å²) in [4.78, 5) is 25.4. The molecule has 0 atom stereocenters. The zero-order valence-corrected chi connectivity index (χ0v) is 14.3. The molecule has 1 fully saturated rings. The maximum Gasteiger partial charge on any atom is 0.239 e. The molecule has 1 aliphatic heterocycles. The topological polar surface area (TPSA) is 99.3 Å². The van der Waals surface area contributed by atoms with Gasteiger partial charge in [-0.05, 0) is 19.1 Å². The molecule has 1 aliphatic rings. The van der Waals surface area contributed by atoms with Crippen molar-refractivity contribution in [2.75, 3.05) is 38.6 Å². The molecule has 0 aliphatic carbocycles. The number of hydrogen-bond donors (Lipinski definition) is 3. The zero-order valence-electron chi connectivity index (χ0n) is 14.3. The summed E-state index contributed by atoms with van der Waals surface area (Å²) in [6.45, 7) is 3.50. The number of amides is 2. The number of piperazine rings is 1. The van der Waals surface area contributed by atoms with Gasteiger partial charge < -0.3 is 15.4 Å². The fourth-order valence-corrected chi connectivity index (χ4v) is 2.83. The lowest BCUT2D eigenvalue weighted by molar-refractivity contribution is -0.125. The number of nitrogens with one attached hydrogen (secondary N) is 3. The number of methoxy groups -OCH3 is 1. The van der Waals surface area contributed by atoms with Crippen LogP contribution in [0.1, 0.15) is 5.56 Å². The van der Waals surface area contributed by atoms with Crippen LogP contribution in [0.15, 0.2) is 24.3 Å². The Bertz CT molecular complexity index is 786. The Morgan fingerprint density at radius 1 is 1.40 bits per heavy atom. The van der Waals surface area contributed by atoms with E-state index in [1.807, 2.05) is 31.2 Å². The molecular weight excluding hydrogens is 322 g/mol. The number of carbonyl (C=O) groups excluding carboxylic acids is 2. The molecule has 25 heavy (non-hydrogen) atoms. The molecule has 8 nitrogen and oxygen atoms in total. The van der Waals surface area contributed by atoms with Crippen LogP contribution in [0.4, 0.5) is 5.82 Å². The molecule has 1 aromatic carbocycles. The van der Waals surface area contributed by atoms with Gasteiger partial charge in [-0.3, -0.25) is 19.6 Å². The van der Waals surface area contributed by atoms with E-state index in [9.17, 15) is 9.59 Å². The van der Waals surface area contributed by atoms with Gasteiger partial charge in [-0.15, -0.1) is 0 Å². The lowest BCUT2D eigenvalue weighted by atomic mass is 10.1. The van der Waals surface area contributed by atoms with Gasteiger partial charge in [0.2, 0.25) is 11.8 Å². The summed E-state index contributed by atoms with van der Waals surface area (Å²) >= 11 is 0. The van der Waals surface area contributed by atoms with Crippen LogP contribution in [-0.2, 0) is 9.59 Å². The monoisotopic (exact) mass is 343 g/mol. The first kappa shape index (κ1) is 17.0. The number of H-pyrrole nitrogens is 1. The maximum absolute atomic E-state index is 12.2. The number of para-hydroxylation sites is 1. The van der Waals surface area contributed by atoms with E-state index in [0.29, 0.717) is 18.9 Å². The molecule has 2 amide bonds. The summed E-state index contributed by atoms with van der Waals surface area (Å²) in [6, 6.07) is 7.61. The van der Waals surface area contributed by atoms with Crippen molar-refractivity contribution in [2.24, 2.45) is 0 Å². The number of aromatic nitrogens is 2. The minimum Gasteiger partial charge on any atom is -0.496 e. The van der Waals surface area contributed by atoms with E-state index in [-0.39, 0.29) is 24.9 Å². The van der Waals surface area contributed by atoms with Crippen LogP contribution in [0.2, 0.25) is 0 Å². The Kier molecular flexibility index (Phi) is 4.99. The van der Waals surface area contributed by atoms with E-state index >= 15 is 0 Å². The average molecular weight is 343 g/mol. The standard InChI is InChI=1S/C17H21N5O3/c1-11-16(12-5-3-4-6-13(12)25-2)20-21-17(11)19-15(24)10-22-8-7-18-14(23)9-22/h3-6H,7-10H2,1-2H3,(H,18,23)(H2,19,20,21,24). The number of rotatable bonds is 5. The average Bonchev–Trinajstić information content (AvgIpc) is 2.95. The van der Waals surface area contributed by atoms with Crippen molar-refractivity contribution in [3.05, 3.63) is 29.8 Å². The number of benzene rings is 1. The summed E-state index contributed by atoms with van der Waals surface area (Å²) in [5.41, 5.74) is 2.50. The number of hydrogen-bond acceptors (Lipinski definition) is 5. The first-order valence-electron chi connectivity index (χ1n) is 8.05. The number of aromatic amines is 1. The van der Waals surface area contributed by atoms with E-state index in [2.05, 4.69) is 20.8 Å². The van der Waals surface area contributed by atoms with E-state index in [1.54, 1.807) is 12.0 Å². The molecule has 3 rings (SSSR count). The smallest absolute Gasteiger partial charge is 0.239 e. The maximum atomic E-state index is 12.2. The van der Waals surface area contributed by atoms with Gasteiger partial charge in [0.15, 0.2) is 5.82 Å². The summed E-state index contributed by atoms with van der Waals surface area (Å²) < 4.78 is 5.38. The lowest BCUT2D eigenvalue weighted by Gasteiger charge is -2.25. The first-order valence-corrected chi connectivity index (χ1v) is 8.05. The summed E-state index contributed by atoms with van der Waals surface area (Å²) in [6.07, 6.45) is 0. The Hall–Kier alpha value is -2.87. The predicted molar refractivity (Wildman–Crippen MR) is 93.4 cm³/mol. The fraction of sp³-hybridized carbons (Fsp3) is 0.353. The van der Waals surface area contributed by atoms with Crippen LogP contribution in [-0.4, -0.2) is 60.2 Å². The third-order valence-electron chi connectivity index (χ3n) is 4.13. The normalized spacial score (nSPS) is 14.9. The van der Waals surface area contributed by atoms with Crippen LogP contribution in [0.5, 0.6) is 5.75 Å². The van der Waals surface area contributed by atoms with Crippen molar-refractivity contribution >= 4 is 17.6 Å². The summed E-state index contributed by atoms with van der Waals surface area (Å²) in [5.74, 6) is 0.947. The second-order valence-electron chi connectivity index (χ2n) is 5.88. The minimum atomic E-state index is -0.198. The molecule has 2 heterocycles. The third kappa shape index (κ3) is 3.80. The van der Waals surface area contributed by atoms with Crippen molar-refractivity contribution in [3.8, 4) is 17.0 Å². The highest BCUT2D eigenvalue weighted by Crippen LogP contribution is 2.32. The van der Waals surface area contributed by atoms with Gasteiger partial charge in [0.1, 0.15) is 5.75 Å². The predicted octanol–water partition coefficient (Wildman–Crippen LogP) is 0.764. The Balaban J connectivity index is 1.71. The number of ether oxygens (including phenoxy) is 1. The third-order valence-corrected chi connectivity index (χ3v) is 4.13. The van der Waals surface area contributed by atoms with E-state index in [1.165, 1.54) is 0 Å². The van der Waals surface area contributed by atoms with Crippen molar-refractivity contribution in [2.45, 2.75) is 6.92 Å². The van der Waals surface area contributed by atoms with Crippen molar-refractivity contribution in [3.63, 3.8) is 0 Å². The van der Waals surface area contributed by atoms with Gasteiger partial charge in [-0.1, -0.05) is 12.1 Å². The van der Waals surface area contributed by atoms with Crippen molar-refractivity contribution < 1.29 is 14.3 Å². The molecule has 0 unspecified atom stereocenters. The fourth-order valence-electron chi connectivity index (χ4n) is 2.83. The molecule has 1 saturated heterocycles. The highest BCUT2D eigenvalue weighted by molar-refractivity contribution is 5.93. The van der Waals surface area contributed by atoms with Gasteiger partial charge in [0.05, 0.1) is 25.9 Å². The SMILES string of the molecule is COc1ccccc1-c1[nH]nc(NC(=O)CN2CCNC(=O)C2)c1C. The summed E-state index contributed by atoms with van der Waals surface area (Å²) in [7, 11) is 1.61. The molecule has 8 heteroatoms. The molecule has 0 saturated carbocycles. The highest BCUT2D eigenvalue weighted by atomic mass is 16.5. The van der Waals surface area contributed by atoms with Crippen LogP contribution < -0.4 is 15.4 Å². The van der Waals surface area contributed by atoms with E-state index in [0.717, 1.165) is 22.6 Å². The molecule has 1 aromatic heterocycles. The van der Waals surface area contributed by atoms with Crippen LogP contribution in [0.3, 0.4) is 0 Å². The van der Waals surface area contributed by atoms with Gasteiger partial charge in [0.25, 0.3) is 0 Å². The van der Waals surface area contributed by atoms with Crippen LogP contribution >= 0.6 is 0 Å². The van der Waals surface area contributed by atoms with Gasteiger partial charge in [-0.25, -0.2) is 0 Å². The lowest BCUT2D eigenvalue weighted by Crippen LogP contribution is -2.49. The Labute approximate surface area is 145 Å². The largest absolute Gasteiger partial charge is 0.496 e. The molecule has 3 N–H and O–H groups in total. The van der Waals surface area contributed by atoms with Crippen molar-refractivity contribution in [1.29, 1.82) is 0 Å². The number of carbonyl (C=O) groups is 2. The van der Waals surface area contributed by atoms with Crippen molar-refractivity contribution in [1.82, 2.24) is 20.4 Å². The first-order chi connectivity index (χ1) is 12.1. The molecule has 2 aromatic rings. The van der Waals surface area contributed by atoms with Crippen LogP contribution in [0.25, 0.3) is 11.3 Å². The quantitative estimate of drug-likeness (QED) is 0.744. The second-order valence-corrected chi connectivity index (χ2v) is 5.88. The molecule has 0 spiro atoms.